The molecule has 4 aliphatic rings. The molecule has 0 aromatic heterocycles. The number of benzene rings is 1. The molecular formula is C29H37N3O5. The molecule has 2 N–H and O–H groups in total. The smallest absolute Gasteiger partial charge is 0.246 e. The average molecular weight is 508 g/mol. The van der Waals surface area contributed by atoms with Crippen molar-refractivity contribution in [2.45, 2.75) is 95.5 Å². The van der Waals surface area contributed by atoms with Gasteiger partial charge in [0.1, 0.15) is 11.6 Å². The van der Waals surface area contributed by atoms with E-state index in [2.05, 4.69) is 10.6 Å². The Hall–Kier alpha value is -3.00. The van der Waals surface area contributed by atoms with Crippen molar-refractivity contribution in [3.63, 3.8) is 0 Å². The van der Waals surface area contributed by atoms with E-state index in [1.54, 1.807) is 24.3 Å². The van der Waals surface area contributed by atoms with Crippen LogP contribution in [0.2, 0.25) is 0 Å². The monoisotopic (exact) mass is 507 g/mol. The number of rotatable bonds is 5. The number of hydrogen-bond donors (Lipinski definition) is 2. The van der Waals surface area contributed by atoms with Gasteiger partial charge in [0, 0.05) is 22.8 Å². The quantitative estimate of drug-likeness (QED) is 0.470. The molecule has 1 spiro atoms. The maximum atomic E-state index is 14.3. The standard InChI is InChI=1S/C29H37N3O5/c1-17(33)18-10-9-13-20(16-18)32-23(25(35)31-27(2,3)4)29-15-14-28(5,37-29)21(22(29)26(32)36)24(34)30-19-11-7-6-8-12-19/h9-10,13-16,19,21-23H,6-8,11-12H2,1-5H3,(H,30,34)(H,31,35)/t21-,22+,23+,28-,29+/m1/s1. The zero-order chi connectivity index (χ0) is 26.8. The SMILES string of the molecule is CC(=O)c1cccc(N2C(=O)[C@@H]3[C@H](C(=O)NC4CCCCC4)[C@@]4(C)C=C[C@@]3(O4)[C@@H]2C(=O)NC(C)(C)C)c1. The van der Waals surface area contributed by atoms with Crippen LogP contribution in [0.4, 0.5) is 5.69 Å². The number of fused-ring (bicyclic) bond motifs is 1. The maximum Gasteiger partial charge on any atom is 0.246 e. The van der Waals surface area contributed by atoms with Gasteiger partial charge in [0.2, 0.25) is 17.7 Å². The van der Waals surface area contributed by atoms with Gasteiger partial charge in [-0.3, -0.25) is 24.1 Å². The number of nitrogens with one attached hydrogen (secondary N) is 2. The summed E-state index contributed by atoms with van der Waals surface area (Å²) < 4.78 is 6.58. The summed E-state index contributed by atoms with van der Waals surface area (Å²) in [5.74, 6) is -2.67. The maximum absolute atomic E-state index is 14.3. The molecule has 3 amide bonds. The molecule has 8 heteroatoms. The van der Waals surface area contributed by atoms with Crippen molar-refractivity contribution in [3.8, 4) is 0 Å². The second kappa shape index (κ2) is 8.79. The molecule has 2 bridgehead atoms. The van der Waals surface area contributed by atoms with Crippen LogP contribution < -0.4 is 15.5 Å². The van der Waals surface area contributed by atoms with Crippen LogP contribution in [0.1, 0.15) is 77.1 Å². The summed E-state index contributed by atoms with van der Waals surface area (Å²) in [6.45, 7) is 8.92. The summed E-state index contributed by atoms with van der Waals surface area (Å²) in [4.78, 5) is 55.4. The Morgan fingerprint density at radius 1 is 1.05 bits per heavy atom. The molecule has 2 saturated heterocycles. The Morgan fingerprint density at radius 2 is 1.76 bits per heavy atom. The van der Waals surface area contributed by atoms with Crippen LogP contribution in [0, 0.1) is 11.8 Å². The van der Waals surface area contributed by atoms with Gasteiger partial charge in [-0.2, -0.15) is 0 Å². The first-order valence-electron chi connectivity index (χ1n) is 13.3. The van der Waals surface area contributed by atoms with E-state index in [-0.39, 0.29) is 29.5 Å². The lowest BCUT2D eigenvalue weighted by atomic mass is 9.70. The summed E-state index contributed by atoms with van der Waals surface area (Å²) in [6, 6.07) is 5.78. The molecule has 1 saturated carbocycles. The summed E-state index contributed by atoms with van der Waals surface area (Å²) in [7, 11) is 0. The van der Waals surface area contributed by atoms with E-state index in [0.29, 0.717) is 11.3 Å². The van der Waals surface area contributed by atoms with Gasteiger partial charge in [-0.05, 0) is 59.6 Å². The highest BCUT2D eigenvalue weighted by molar-refractivity contribution is 6.11. The number of nitrogens with zero attached hydrogens (tertiary/aromatic N) is 1. The van der Waals surface area contributed by atoms with Crippen molar-refractivity contribution in [1.29, 1.82) is 0 Å². The van der Waals surface area contributed by atoms with Crippen molar-refractivity contribution >= 4 is 29.2 Å². The van der Waals surface area contributed by atoms with Gasteiger partial charge >= 0.3 is 0 Å². The normalized spacial score (nSPS) is 32.9. The molecule has 5 rings (SSSR count). The van der Waals surface area contributed by atoms with Crippen LogP contribution in [0.25, 0.3) is 0 Å². The second-order valence-corrected chi connectivity index (χ2v) is 12.2. The lowest BCUT2D eigenvalue weighted by molar-refractivity contribution is -0.135. The number of Topliss-reactive ketones (excluding diaryl/α,β-unsaturated/α-hetero) is 1. The molecule has 1 aromatic rings. The number of carbonyl (C=O) groups is 4. The van der Waals surface area contributed by atoms with E-state index in [1.165, 1.54) is 18.2 Å². The summed E-state index contributed by atoms with van der Waals surface area (Å²) >= 11 is 0. The van der Waals surface area contributed by atoms with Crippen molar-refractivity contribution in [2.24, 2.45) is 11.8 Å². The van der Waals surface area contributed by atoms with E-state index in [1.807, 2.05) is 39.8 Å². The Kier molecular flexibility index (Phi) is 6.09. The molecule has 3 aliphatic heterocycles. The molecule has 1 aliphatic carbocycles. The predicted octanol–water partition coefficient (Wildman–Crippen LogP) is 3.30. The summed E-state index contributed by atoms with van der Waals surface area (Å²) in [5.41, 5.74) is -1.96. The topological polar surface area (TPSA) is 105 Å². The number of hydrogen-bond acceptors (Lipinski definition) is 5. The molecule has 3 fully saturated rings. The van der Waals surface area contributed by atoms with Gasteiger partial charge in [0.25, 0.3) is 0 Å². The predicted molar refractivity (Wildman–Crippen MR) is 139 cm³/mol. The first-order chi connectivity index (χ1) is 17.4. The number of anilines is 1. The first-order valence-corrected chi connectivity index (χ1v) is 13.3. The number of amides is 3. The van der Waals surface area contributed by atoms with Crippen LogP contribution in [-0.2, 0) is 19.1 Å². The fourth-order valence-electron chi connectivity index (χ4n) is 6.66. The fraction of sp³-hybridized carbons (Fsp3) is 0.586. The van der Waals surface area contributed by atoms with Crippen molar-refractivity contribution in [1.82, 2.24) is 10.6 Å². The van der Waals surface area contributed by atoms with Crippen LogP contribution in [0.3, 0.4) is 0 Å². The van der Waals surface area contributed by atoms with Gasteiger partial charge in [0.15, 0.2) is 5.78 Å². The molecule has 0 radical (unpaired) electrons. The highest BCUT2D eigenvalue weighted by Crippen LogP contribution is 2.60. The molecular weight excluding hydrogens is 470 g/mol. The zero-order valence-corrected chi connectivity index (χ0v) is 22.3. The molecule has 1 aromatic carbocycles. The minimum absolute atomic E-state index is 0.0868. The minimum atomic E-state index is -1.29. The molecule has 198 valence electrons. The lowest BCUT2D eigenvalue weighted by Gasteiger charge is -2.35. The van der Waals surface area contributed by atoms with E-state index >= 15 is 0 Å². The second-order valence-electron chi connectivity index (χ2n) is 12.2. The zero-order valence-electron chi connectivity index (χ0n) is 22.3. The Balaban J connectivity index is 1.58. The fourth-order valence-corrected chi connectivity index (χ4v) is 6.66. The van der Waals surface area contributed by atoms with E-state index in [0.717, 1.165) is 25.7 Å². The third-order valence-corrected chi connectivity index (χ3v) is 8.21. The highest BCUT2D eigenvalue weighted by atomic mass is 16.5. The third-order valence-electron chi connectivity index (χ3n) is 8.21. The molecule has 3 heterocycles. The van der Waals surface area contributed by atoms with Crippen molar-refractivity contribution in [3.05, 3.63) is 42.0 Å². The first kappa shape index (κ1) is 25.6. The number of ketones is 1. The van der Waals surface area contributed by atoms with E-state index in [9.17, 15) is 19.2 Å². The van der Waals surface area contributed by atoms with Crippen LogP contribution >= 0.6 is 0 Å². The van der Waals surface area contributed by atoms with E-state index in [4.69, 9.17) is 4.74 Å². The summed E-state index contributed by atoms with van der Waals surface area (Å²) in [6.07, 6.45) is 8.82. The van der Waals surface area contributed by atoms with Crippen LogP contribution in [0.15, 0.2) is 36.4 Å². The third kappa shape index (κ3) is 4.19. The van der Waals surface area contributed by atoms with Crippen molar-refractivity contribution < 1.29 is 23.9 Å². The lowest BCUT2D eigenvalue weighted by Crippen LogP contribution is -2.58. The van der Waals surface area contributed by atoms with Gasteiger partial charge in [0.05, 0.1) is 17.4 Å². The largest absolute Gasteiger partial charge is 0.356 e. The summed E-state index contributed by atoms with van der Waals surface area (Å²) in [5, 5.41) is 6.21. The molecule has 37 heavy (non-hydrogen) atoms. The molecule has 5 atom stereocenters. The van der Waals surface area contributed by atoms with Gasteiger partial charge in [-0.25, -0.2) is 0 Å². The highest BCUT2D eigenvalue weighted by Gasteiger charge is 2.76. The van der Waals surface area contributed by atoms with Crippen LogP contribution in [-0.4, -0.2) is 52.3 Å². The Morgan fingerprint density at radius 3 is 2.41 bits per heavy atom. The number of carbonyl (C=O) groups excluding carboxylic acids is 4. The Bertz CT molecular complexity index is 1180. The molecule has 0 unspecified atom stereocenters. The minimum Gasteiger partial charge on any atom is -0.356 e. The van der Waals surface area contributed by atoms with Crippen LogP contribution in [0.5, 0.6) is 0 Å². The van der Waals surface area contributed by atoms with Crippen molar-refractivity contribution in [2.75, 3.05) is 4.90 Å². The average Bonchev–Trinajstić information content (AvgIpc) is 3.39. The van der Waals surface area contributed by atoms with Gasteiger partial charge in [-0.15, -0.1) is 0 Å². The van der Waals surface area contributed by atoms with Gasteiger partial charge in [-0.1, -0.05) is 43.5 Å². The number of ether oxygens (including phenoxy) is 1. The van der Waals surface area contributed by atoms with E-state index < -0.39 is 34.6 Å². The Labute approximate surface area is 218 Å². The molecule has 8 nitrogen and oxygen atoms in total. The van der Waals surface area contributed by atoms with Gasteiger partial charge < -0.3 is 15.4 Å².